The van der Waals surface area contributed by atoms with Crippen LogP contribution in [-0.4, -0.2) is 22.7 Å². The van der Waals surface area contributed by atoms with Crippen molar-refractivity contribution in [2.75, 3.05) is 13.2 Å². The number of imidazole rings is 1. The van der Waals surface area contributed by atoms with E-state index in [0.717, 1.165) is 24.4 Å². The number of rotatable bonds is 4. The highest BCUT2D eigenvalue weighted by Gasteiger charge is 2.23. The maximum atomic E-state index is 8.86. The fourth-order valence-corrected chi connectivity index (χ4v) is 3.36. The van der Waals surface area contributed by atoms with Gasteiger partial charge < -0.3 is 14.6 Å². The van der Waals surface area contributed by atoms with Crippen LogP contribution < -0.4 is 5.32 Å². The summed E-state index contributed by atoms with van der Waals surface area (Å²) in [7, 11) is 0. The van der Waals surface area contributed by atoms with Gasteiger partial charge >= 0.3 is 0 Å². The third kappa shape index (κ3) is 3.14. The van der Waals surface area contributed by atoms with Gasteiger partial charge in [-0.25, -0.2) is 4.98 Å². The molecule has 0 saturated heterocycles. The fourth-order valence-electron chi connectivity index (χ4n) is 3.36. The molecule has 1 aliphatic rings. The summed E-state index contributed by atoms with van der Waals surface area (Å²) in [5.74, 6) is 0.997. The zero-order valence-electron chi connectivity index (χ0n) is 14.2. The van der Waals surface area contributed by atoms with E-state index in [2.05, 4.69) is 41.1 Å². The minimum absolute atomic E-state index is 0.231. The van der Waals surface area contributed by atoms with Gasteiger partial charge in [-0.15, -0.1) is 0 Å². The first-order valence-corrected chi connectivity index (χ1v) is 8.49. The van der Waals surface area contributed by atoms with Gasteiger partial charge in [-0.05, 0) is 42.3 Å². The quantitative estimate of drug-likeness (QED) is 0.797. The molecule has 2 aromatic carbocycles. The van der Waals surface area contributed by atoms with Gasteiger partial charge in [0, 0.05) is 13.1 Å². The Morgan fingerprint density at radius 1 is 1.28 bits per heavy atom. The molecule has 5 heteroatoms. The van der Waals surface area contributed by atoms with Crippen LogP contribution in [0.5, 0.6) is 0 Å². The van der Waals surface area contributed by atoms with Gasteiger partial charge in [0.15, 0.2) is 0 Å². The summed E-state index contributed by atoms with van der Waals surface area (Å²) in [6, 6.07) is 16.5. The average molecular weight is 332 g/mol. The Kier molecular flexibility index (Phi) is 4.22. The molecular weight excluding hydrogens is 312 g/mol. The minimum Gasteiger partial charge on any atom is -0.371 e. The molecular formula is C20H20N4O. The number of fused-ring (bicyclic) bond motifs is 3. The normalized spacial score (nSPS) is 16.6. The van der Waals surface area contributed by atoms with E-state index >= 15 is 0 Å². The SMILES string of the molecule is Cc1ccc2c(c1)nc1n2[C@@H](CNCc2ccc(C#N)cc2)COC1. The monoisotopic (exact) mass is 332 g/mol. The van der Waals surface area contributed by atoms with Gasteiger partial charge in [0.1, 0.15) is 12.4 Å². The van der Waals surface area contributed by atoms with Crippen LogP contribution in [-0.2, 0) is 17.9 Å². The van der Waals surface area contributed by atoms with Gasteiger partial charge in [-0.1, -0.05) is 18.2 Å². The Hall–Kier alpha value is -2.68. The Labute approximate surface area is 146 Å². The summed E-state index contributed by atoms with van der Waals surface area (Å²) < 4.78 is 8.05. The molecule has 0 aliphatic carbocycles. The van der Waals surface area contributed by atoms with E-state index < -0.39 is 0 Å². The molecule has 1 atom stereocenters. The molecule has 0 radical (unpaired) electrons. The molecule has 1 N–H and O–H groups in total. The number of ether oxygens (including phenoxy) is 1. The number of aromatic nitrogens is 2. The molecule has 1 aromatic heterocycles. The van der Waals surface area contributed by atoms with Crippen molar-refractivity contribution in [2.24, 2.45) is 0 Å². The molecule has 1 aliphatic heterocycles. The van der Waals surface area contributed by atoms with Crippen LogP contribution in [0.3, 0.4) is 0 Å². The first kappa shape index (κ1) is 15.8. The lowest BCUT2D eigenvalue weighted by Crippen LogP contribution is -2.32. The van der Waals surface area contributed by atoms with Gasteiger partial charge in [-0.2, -0.15) is 5.26 Å². The fraction of sp³-hybridized carbons (Fsp3) is 0.300. The number of hydrogen-bond acceptors (Lipinski definition) is 4. The van der Waals surface area contributed by atoms with Crippen LogP contribution in [0.4, 0.5) is 0 Å². The lowest BCUT2D eigenvalue weighted by Gasteiger charge is -2.26. The van der Waals surface area contributed by atoms with E-state index in [9.17, 15) is 0 Å². The number of nitrogens with one attached hydrogen (secondary N) is 1. The van der Waals surface area contributed by atoms with Crippen molar-refractivity contribution in [3.05, 3.63) is 65.0 Å². The molecule has 126 valence electrons. The van der Waals surface area contributed by atoms with Gasteiger partial charge in [0.25, 0.3) is 0 Å². The van der Waals surface area contributed by atoms with Gasteiger partial charge in [0.05, 0.1) is 35.3 Å². The Morgan fingerprint density at radius 2 is 2.12 bits per heavy atom. The van der Waals surface area contributed by atoms with Crippen LogP contribution >= 0.6 is 0 Å². The van der Waals surface area contributed by atoms with E-state index in [4.69, 9.17) is 15.0 Å². The summed E-state index contributed by atoms with van der Waals surface area (Å²) in [4.78, 5) is 4.73. The molecule has 2 heterocycles. The molecule has 0 unspecified atom stereocenters. The van der Waals surface area contributed by atoms with Crippen molar-refractivity contribution in [2.45, 2.75) is 26.1 Å². The molecule has 3 aromatic rings. The third-order valence-corrected chi connectivity index (χ3v) is 4.62. The highest BCUT2D eigenvalue weighted by Crippen LogP contribution is 2.26. The number of hydrogen-bond donors (Lipinski definition) is 1. The van der Waals surface area contributed by atoms with Crippen molar-refractivity contribution in [1.82, 2.24) is 14.9 Å². The van der Waals surface area contributed by atoms with Crippen LogP contribution in [0.15, 0.2) is 42.5 Å². The Morgan fingerprint density at radius 3 is 2.92 bits per heavy atom. The minimum atomic E-state index is 0.231. The smallest absolute Gasteiger partial charge is 0.136 e. The van der Waals surface area contributed by atoms with Crippen LogP contribution in [0, 0.1) is 18.3 Å². The van der Waals surface area contributed by atoms with Crippen molar-refractivity contribution >= 4 is 11.0 Å². The molecule has 0 amide bonds. The van der Waals surface area contributed by atoms with Crippen molar-refractivity contribution in [1.29, 1.82) is 5.26 Å². The predicted molar refractivity (Wildman–Crippen MR) is 96.0 cm³/mol. The molecule has 5 nitrogen and oxygen atoms in total. The predicted octanol–water partition coefficient (Wildman–Crippen LogP) is 3.08. The molecule has 0 spiro atoms. The third-order valence-electron chi connectivity index (χ3n) is 4.62. The molecule has 25 heavy (non-hydrogen) atoms. The first-order valence-electron chi connectivity index (χ1n) is 8.49. The molecule has 4 rings (SSSR count). The highest BCUT2D eigenvalue weighted by atomic mass is 16.5. The summed E-state index contributed by atoms with van der Waals surface area (Å²) >= 11 is 0. The number of aryl methyl sites for hydroxylation is 1. The van der Waals surface area contributed by atoms with E-state index in [1.165, 1.54) is 16.6 Å². The average Bonchev–Trinajstić information content (AvgIpc) is 3.00. The van der Waals surface area contributed by atoms with Crippen molar-refractivity contribution < 1.29 is 4.74 Å². The van der Waals surface area contributed by atoms with Crippen molar-refractivity contribution in [3.8, 4) is 6.07 Å². The second-order valence-electron chi connectivity index (χ2n) is 6.50. The van der Waals surface area contributed by atoms with E-state index in [0.29, 0.717) is 18.8 Å². The largest absolute Gasteiger partial charge is 0.371 e. The van der Waals surface area contributed by atoms with Gasteiger partial charge in [-0.3, -0.25) is 0 Å². The molecule has 0 fully saturated rings. The van der Waals surface area contributed by atoms with Crippen LogP contribution in [0.25, 0.3) is 11.0 Å². The molecule has 0 bridgehead atoms. The topological polar surface area (TPSA) is 62.9 Å². The standard InChI is InChI=1S/C20H20N4O/c1-14-2-7-19-18(8-14)23-20-13-25-12-17(24(19)20)11-22-10-16-5-3-15(9-21)4-6-16/h2-8,17,22H,10-13H2,1H3/t17-/m0/s1. The highest BCUT2D eigenvalue weighted by molar-refractivity contribution is 5.77. The van der Waals surface area contributed by atoms with Crippen LogP contribution in [0.2, 0.25) is 0 Å². The zero-order valence-corrected chi connectivity index (χ0v) is 14.2. The maximum Gasteiger partial charge on any atom is 0.136 e. The summed E-state index contributed by atoms with van der Waals surface area (Å²) in [5.41, 5.74) is 5.29. The Balaban J connectivity index is 1.49. The van der Waals surface area contributed by atoms with E-state index in [1.54, 1.807) is 0 Å². The van der Waals surface area contributed by atoms with Gasteiger partial charge in [0.2, 0.25) is 0 Å². The summed E-state index contributed by atoms with van der Waals surface area (Å²) in [6.45, 7) is 4.92. The maximum absolute atomic E-state index is 8.86. The van der Waals surface area contributed by atoms with E-state index in [1.807, 2.05) is 24.3 Å². The summed E-state index contributed by atoms with van der Waals surface area (Å²) in [6.07, 6.45) is 0. The van der Waals surface area contributed by atoms with E-state index in [-0.39, 0.29) is 6.04 Å². The number of nitrogens with zero attached hydrogens (tertiary/aromatic N) is 3. The second-order valence-corrected chi connectivity index (χ2v) is 6.50. The Bertz CT molecular complexity index is 937. The van der Waals surface area contributed by atoms with Crippen molar-refractivity contribution in [3.63, 3.8) is 0 Å². The summed E-state index contributed by atoms with van der Waals surface area (Å²) in [5, 5.41) is 12.4. The lowest BCUT2D eigenvalue weighted by molar-refractivity contribution is 0.0564. The first-order chi connectivity index (χ1) is 12.2. The zero-order chi connectivity index (χ0) is 17.2. The number of nitriles is 1. The molecule has 0 saturated carbocycles. The number of benzene rings is 2. The van der Waals surface area contributed by atoms with Crippen LogP contribution in [0.1, 0.15) is 28.6 Å². The second kappa shape index (κ2) is 6.67. The lowest BCUT2D eigenvalue weighted by atomic mass is 10.1.